The molecule has 0 aliphatic carbocycles. The maximum Gasteiger partial charge on any atom is 0.268 e. The molecule has 0 unspecified atom stereocenters. The van der Waals surface area contributed by atoms with E-state index >= 15 is 0 Å². The van der Waals surface area contributed by atoms with Crippen LogP contribution in [0.15, 0.2) is 53.9 Å². The second-order valence-corrected chi connectivity index (χ2v) is 7.78. The van der Waals surface area contributed by atoms with Crippen molar-refractivity contribution in [3.63, 3.8) is 0 Å². The number of nitrogens with zero attached hydrogens (tertiary/aromatic N) is 2. The molecule has 2 heterocycles. The standard InChI is InChI=1S/C22H21N3O2S/c1-14-8-15(2)10-17(9-14)27-12-16-11-20(28-13-16)21(26)24-22-23-18-6-4-5-7-19(18)25(22)3/h4-11,13H,12H2,1-3H3,(H,23,24,26). The van der Waals surface area contributed by atoms with Gasteiger partial charge in [-0.25, -0.2) is 4.98 Å². The number of imidazole rings is 1. The molecule has 0 fully saturated rings. The Morgan fingerprint density at radius 1 is 1.14 bits per heavy atom. The van der Waals surface area contributed by atoms with Crippen LogP contribution in [0.1, 0.15) is 26.4 Å². The highest BCUT2D eigenvalue weighted by molar-refractivity contribution is 7.12. The molecule has 0 spiro atoms. The fourth-order valence-corrected chi connectivity index (χ4v) is 3.97. The number of ether oxygens (including phenoxy) is 1. The van der Waals surface area contributed by atoms with Crippen LogP contribution in [0.25, 0.3) is 11.0 Å². The predicted octanol–water partition coefficient (Wildman–Crippen LogP) is 5.08. The van der Waals surface area contributed by atoms with Gasteiger partial charge in [-0.2, -0.15) is 0 Å². The lowest BCUT2D eigenvalue weighted by molar-refractivity contribution is 0.102. The molecule has 2 aromatic heterocycles. The number of anilines is 1. The smallest absolute Gasteiger partial charge is 0.268 e. The number of nitrogens with one attached hydrogen (secondary N) is 1. The van der Waals surface area contributed by atoms with Crippen LogP contribution in [-0.2, 0) is 13.7 Å². The minimum absolute atomic E-state index is 0.166. The second-order valence-electron chi connectivity index (χ2n) is 6.87. The highest BCUT2D eigenvalue weighted by atomic mass is 32.1. The highest BCUT2D eigenvalue weighted by Crippen LogP contribution is 2.22. The first-order chi connectivity index (χ1) is 13.5. The van der Waals surface area contributed by atoms with E-state index in [2.05, 4.69) is 16.4 Å². The van der Waals surface area contributed by atoms with Gasteiger partial charge in [-0.3, -0.25) is 10.1 Å². The number of para-hydroxylation sites is 2. The van der Waals surface area contributed by atoms with Crippen molar-refractivity contribution < 1.29 is 9.53 Å². The molecule has 0 aliphatic rings. The molecule has 28 heavy (non-hydrogen) atoms. The van der Waals surface area contributed by atoms with Crippen LogP contribution in [0.5, 0.6) is 5.75 Å². The second kappa shape index (κ2) is 7.48. The summed E-state index contributed by atoms with van der Waals surface area (Å²) in [5, 5.41) is 4.85. The van der Waals surface area contributed by atoms with E-state index in [0.717, 1.165) is 22.3 Å². The first kappa shape index (κ1) is 18.3. The van der Waals surface area contributed by atoms with Crippen LogP contribution in [0.3, 0.4) is 0 Å². The van der Waals surface area contributed by atoms with E-state index in [9.17, 15) is 4.79 Å². The Labute approximate surface area is 167 Å². The van der Waals surface area contributed by atoms with E-state index in [4.69, 9.17) is 4.74 Å². The van der Waals surface area contributed by atoms with Gasteiger partial charge in [-0.15, -0.1) is 11.3 Å². The van der Waals surface area contributed by atoms with Crippen LogP contribution in [-0.4, -0.2) is 15.5 Å². The third-order valence-corrected chi connectivity index (χ3v) is 5.47. The van der Waals surface area contributed by atoms with Gasteiger partial charge in [0, 0.05) is 12.6 Å². The fraction of sp³-hybridized carbons (Fsp3) is 0.182. The summed E-state index contributed by atoms with van der Waals surface area (Å²) in [6, 6.07) is 15.8. The highest BCUT2D eigenvalue weighted by Gasteiger charge is 2.14. The number of thiophene rings is 1. The van der Waals surface area contributed by atoms with Crippen LogP contribution < -0.4 is 10.1 Å². The number of rotatable bonds is 5. The van der Waals surface area contributed by atoms with E-state index in [0.29, 0.717) is 17.4 Å². The predicted molar refractivity (Wildman–Crippen MR) is 113 cm³/mol. The first-order valence-electron chi connectivity index (χ1n) is 9.01. The fourth-order valence-electron chi connectivity index (χ4n) is 3.17. The van der Waals surface area contributed by atoms with Crippen molar-refractivity contribution >= 4 is 34.2 Å². The van der Waals surface area contributed by atoms with Gasteiger partial charge in [-0.1, -0.05) is 18.2 Å². The van der Waals surface area contributed by atoms with E-state index in [-0.39, 0.29) is 5.91 Å². The average Bonchev–Trinajstić information content (AvgIpc) is 3.25. The molecule has 0 saturated heterocycles. The van der Waals surface area contributed by atoms with Crippen LogP contribution in [0.2, 0.25) is 0 Å². The van der Waals surface area contributed by atoms with Crippen molar-refractivity contribution in [2.24, 2.45) is 7.05 Å². The molecule has 0 bridgehead atoms. The summed E-state index contributed by atoms with van der Waals surface area (Å²) in [4.78, 5) is 17.7. The molecule has 6 heteroatoms. The number of amides is 1. The van der Waals surface area contributed by atoms with Gasteiger partial charge in [0.25, 0.3) is 5.91 Å². The van der Waals surface area contributed by atoms with Gasteiger partial charge in [0.1, 0.15) is 12.4 Å². The molecule has 0 saturated carbocycles. The summed E-state index contributed by atoms with van der Waals surface area (Å²) >= 11 is 1.40. The quantitative estimate of drug-likeness (QED) is 0.516. The van der Waals surface area contributed by atoms with Crippen molar-refractivity contribution in [1.82, 2.24) is 9.55 Å². The van der Waals surface area contributed by atoms with Crippen molar-refractivity contribution in [3.8, 4) is 5.75 Å². The van der Waals surface area contributed by atoms with Crippen molar-refractivity contribution in [2.75, 3.05) is 5.32 Å². The zero-order chi connectivity index (χ0) is 19.7. The van der Waals surface area contributed by atoms with Crippen molar-refractivity contribution in [3.05, 3.63) is 75.5 Å². The number of hydrogen-bond donors (Lipinski definition) is 1. The van der Waals surface area contributed by atoms with Gasteiger partial charge < -0.3 is 9.30 Å². The van der Waals surface area contributed by atoms with E-state index in [1.54, 1.807) is 0 Å². The van der Waals surface area contributed by atoms with Gasteiger partial charge in [0.2, 0.25) is 5.95 Å². The van der Waals surface area contributed by atoms with E-state index in [1.165, 1.54) is 22.5 Å². The van der Waals surface area contributed by atoms with Crippen LogP contribution in [0, 0.1) is 13.8 Å². The Bertz CT molecular complexity index is 1140. The first-order valence-corrected chi connectivity index (χ1v) is 9.89. The topological polar surface area (TPSA) is 56.1 Å². The number of benzene rings is 2. The van der Waals surface area contributed by atoms with Crippen molar-refractivity contribution in [2.45, 2.75) is 20.5 Å². The molecule has 5 nitrogen and oxygen atoms in total. The molecular formula is C22H21N3O2S. The Morgan fingerprint density at radius 3 is 2.64 bits per heavy atom. The molecule has 1 amide bonds. The lowest BCUT2D eigenvalue weighted by Crippen LogP contribution is -2.13. The number of carbonyl (C=O) groups excluding carboxylic acids is 1. The lowest BCUT2D eigenvalue weighted by Gasteiger charge is -2.07. The van der Waals surface area contributed by atoms with Gasteiger partial charge in [0.15, 0.2) is 0 Å². The Hall–Kier alpha value is -3.12. The van der Waals surface area contributed by atoms with Gasteiger partial charge >= 0.3 is 0 Å². The minimum atomic E-state index is -0.166. The normalized spacial score (nSPS) is 11.0. The number of hydrogen-bond acceptors (Lipinski definition) is 4. The molecular weight excluding hydrogens is 370 g/mol. The maximum atomic E-state index is 12.6. The zero-order valence-corrected chi connectivity index (χ0v) is 16.8. The molecule has 0 aliphatic heterocycles. The molecule has 4 rings (SSSR count). The Morgan fingerprint density at radius 2 is 1.89 bits per heavy atom. The third-order valence-electron chi connectivity index (χ3n) is 4.49. The lowest BCUT2D eigenvalue weighted by atomic mass is 10.1. The van der Waals surface area contributed by atoms with Crippen LogP contribution >= 0.6 is 11.3 Å². The minimum Gasteiger partial charge on any atom is -0.489 e. The van der Waals surface area contributed by atoms with E-state index in [1.807, 2.05) is 73.3 Å². The molecule has 1 N–H and O–H groups in total. The number of aromatic nitrogens is 2. The summed E-state index contributed by atoms with van der Waals surface area (Å²) in [6.07, 6.45) is 0. The molecule has 0 radical (unpaired) electrons. The SMILES string of the molecule is Cc1cc(C)cc(OCc2csc(C(=O)Nc3nc4ccccc4n3C)c2)c1. The van der Waals surface area contributed by atoms with E-state index < -0.39 is 0 Å². The molecule has 2 aromatic carbocycles. The molecule has 142 valence electrons. The Kier molecular flexibility index (Phi) is 4.88. The summed E-state index contributed by atoms with van der Waals surface area (Å²) < 4.78 is 7.76. The summed E-state index contributed by atoms with van der Waals surface area (Å²) in [7, 11) is 1.89. The van der Waals surface area contributed by atoms with Gasteiger partial charge in [-0.05, 0) is 60.7 Å². The summed E-state index contributed by atoms with van der Waals surface area (Å²) in [5.41, 5.74) is 5.14. The molecule has 0 atom stereocenters. The zero-order valence-electron chi connectivity index (χ0n) is 16.0. The summed E-state index contributed by atoms with van der Waals surface area (Å²) in [6.45, 7) is 4.53. The largest absolute Gasteiger partial charge is 0.489 e. The maximum absolute atomic E-state index is 12.6. The monoisotopic (exact) mass is 391 g/mol. The Balaban J connectivity index is 1.44. The number of fused-ring (bicyclic) bond motifs is 1. The number of carbonyl (C=O) groups is 1. The van der Waals surface area contributed by atoms with Crippen LogP contribution in [0.4, 0.5) is 5.95 Å². The molecule has 4 aromatic rings. The van der Waals surface area contributed by atoms with Crippen molar-refractivity contribution in [1.29, 1.82) is 0 Å². The average molecular weight is 391 g/mol. The number of aryl methyl sites for hydroxylation is 3. The third kappa shape index (κ3) is 3.77. The summed E-state index contributed by atoms with van der Waals surface area (Å²) in [5.74, 6) is 1.21. The van der Waals surface area contributed by atoms with Gasteiger partial charge in [0.05, 0.1) is 15.9 Å².